The van der Waals surface area contributed by atoms with Crippen molar-refractivity contribution in [1.82, 2.24) is 0 Å². The molecular weight excluding hydrogens is 308 g/mol. The minimum absolute atomic E-state index is 0.0242. The van der Waals surface area contributed by atoms with Crippen LogP contribution in [-0.2, 0) is 0 Å². The van der Waals surface area contributed by atoms with Crippen LogP contribution in [0, 0.1) is 0 Å². The first-order valence-electron chi connectivity index (χ1n) is 8.14. The van der Waals surface area contributed by atoms with Gasteiger partial charge in [-0.2, -0.15) is 0 Å². The summed E-state index contributed by atoms with van der Waals surface area (Å²) in [5, 5.41) is 14.6. The molecule has 1 N–H and O–H groups in total. The van der Waals surface area contributed by atoms with Crippen LogP contribution in [0.4, 0.5) is 0 Å². The second-order valence-corrected chi connectivity index (χ2v) is 6.02. The van der Waals surface area contributed by atoms with Gasteiger partial charge in [-0.3, -0.25) is 4.79 Å². The van der Waals surface area contributed by atoms with Gasteiger partial charge in [-0.05, 0) is 33.7 Å². The molecule has 0 unspecified atom stereocenters. The molecule has 0 fully saturated rings. The van der Waals surface area contributed by atoms with Gasteiger partial charge in [0.15, 0.2) is 5.78 Å². The number of carbonyl (C=O) groups is 1. The van der Waals surface area contributed by atoms with Crippen LogP contribution in [0.5, 0.6) is 0 Å². The van der Waals surface area contributed by atoms with Gasteiger partial charge in [-0.1, -0.05) is 72.8 Å². The van der Waals surface area contributed by atoms with E-state index in [9.17, 15) is 9.90 Å². The molecule has 0 atom stereocenters. The molecule has 4 aromatic carbocycles. The molecule has 0 bridgehead atoms. The van der Waals surface area contributed by atoms with Crippen LogP contribution >= 0.6 is 0 Å². The number of rotatable bonds is 3. The minimum Gasteiger partial charge on any atom is -0.507 e. The van der Waals surface area contributed by atoms with Crippen LogP contribution in [0.3, 0.4) is 0 Å². The molecule has 2 nitrogen and oxygen atoms in total. The van der Waals surface area contributed by atoms with Crippen molar-refractivity contribution in [3.8, 4) is 0 Å². The van der Waals surface area contributed by atoms with E-state index in [0.29, 0.717) is 11.1 Å². The van der Waals surface area contributed by atoms with E-state index in [1.54, 1.807) is 6.07 Å². The van der Waals surface area contributed by atoms with E-state index in [0.717, 1.165) is 21.5 Å². The molecule has 0 saturated carbocycles. The highest BCUT2D eigenvalue weighted by Gasteiger charge is 2.08. The third-order valence-electron chi connectivity index (χ3n) is 4.35. The molecule has 25 heavy (non-hydrogen) atoms. The van der Waals surface area contributed by atoms with Gasteiger partial charge < -0.3 is 5.11 Å². The summed E-state index contributed by atoms with van der Waals surface area (Å²) in [4.78, 5) is 12.5. The lowest BCUT2D eigenvalue weighted by Crippen LogP contribution is -1.96. The largest absolute Gasteiger partial charge is 0.507 e. The Morgan fingerprint density at radius 2 is 1.12 bits per heavy atom. The molecule has 0 aliphatic rings. The Morgan fingerprint density at radius 3 is 1.72 bits per heavy atom. The maximum Gasteiger partial charge on any atom is 0.189 e. The standard InChI is InChI=1S/C23H16O2/c24-22(20-11-9-16-5-1-3-7-18(16)13-20)15-23(25)21-12-10-17-6-2-4-8-19(17)14-21/h1-15,24H/b22-15-. The summed E-state index contributed by atoms with van der Waals surface area (Å²) >= 11 is 0. The molecule has 0 radical (unpaired) electrons. The second-order valence-electron chi connectivity index (χ2n) is 6.02. The Balaban J connectivity index is 1.68. The predicted octanol–water partition coefficient (Wildman–Crippen LogP) is 5.77. The predicted molar refractivity (Wildman–Crippen MR) is 103 cm³/mol. The first-order chi connectivity index (χ1) is 12.2. The summed E-state index contributed by atoms with van der Waals surface area (Å²) in [6, 6.07) is 27.0. The molecule has 2 heteroatoms. The highest BCUT2D eigenvalue weighted by atomic mass is 16.3. The first kappa shape index (κ1) is 15.2. The van der Waals surface area contributed by atoms with Crippen molar-refractivity contribution in [2.24, 2.45) is 0 Å². The lowest BCUT2D eigenvalue weighted by Gasteiger charge is -2.04. The van der Waals surface area contributed by atoms with E-state index in [1.807, 2.05) is 78.9 Å². The first-order valence-corrected chi connectivity index (χ1v) is 8.14. The lowest BCUT2D eigenvalue weighted by molar-refractivity contribution is 0.104. The van der Waals surface area contributed by atoms with E-state index < -0.39 is 0 Å². The third-order valence-corrected chi connectivity index (χ3v) is 4.35. The molecule has 0 heterocycles. The van der Waals surface area contributed by atoms with Gasteiger partial charge in [0.25, 0.3) is 0 Å². The topological polar surface area (TPSA) is 37.3 Å². The van der Waals surface area contributed by atoms with Crippen molar-refractivity contribution in [2.45, 2.75) is 0 Å². The fraction of sp³-hybridized carbons (Fsp3) is 0. The van der Waals surface area contributed by atoms with Gasteiger partial charge in [-0.25, -0.2) is 0 Å². The molecule has 0 aromatic heterocycles. The fourth-order valence-corrected chi connectivity index (χ4v) is 2.98. The second kappa shape index (κ2) is 6.25. The minimum atomic E-state index is -0.212. The number of fused-ring (bicyclic) bond motifs is 2. The smallest absolute Gasteiger partial charge is 0.189 e. The lowest BCUT2D eigenvalue weighted by atomic mass is 10.0. The van der Waals surface area contributed by atoms with Crippen molar-refractivity contribution in [1.29, 1.82) is 0 Å². The summed E-state index contributed by atoms with van der Waals surface area (Å²) < 4.78 is 0. The summed E-state index contributed by atoms with van der Waals surface area (Å²) in [7, 11) is 0. The Labute approximate surface area is 145 Å². The summed E-state index contributed by atoms with van der Waals surface area (Å²) in [5.41, 5.74) is 1.19. The number of hydrogen-bond donors (Lipinski definition) is 1. The Kier molecular flexibility index (Phi) is 3.79. The molecule has 120 valence electrons. The molecule has 0 aliphatic heterocycles. The summed E-state index contributed by atoms with van der Waals surface area (Å²) in [6.45, 7) is 0. The number of allylic oxidation sites excluding steroid dienone is 1. The van der Waals surface area contributed by atoms with Crippen LogP contribution in [-0.4, -0.2) is 10.9 Å². The maximum atomic E-state index is 12.5. The monoisotopic (exact) mass is 324 g/mol. The highest BCUT2D eigenvalue weighted by molar-refractivity contribution is 6.09. The summed E-state index contributed by atoms with van der Waals surface area (Å²) in [6.07, 6.45) is 1.29. The van der Waals surface area contributed by atoms with E-state index >= 15 is 0 Å². The van der Waals surface area contributed by atoms with E-state index in [2.05, 4.69) is 0 Å². The molecule has 0 amide bonds. The fourth-order valence-electron chi connectivity index (χ4n) is 2.98. The van der Waals surface area contributed by atoms with Crippen molar-refractivity contribution in [3.63, 3.8) is 0 Å². The Bertz CT molecular complexity index is 1120. The van der Waals surface area contributed by atoms with Crippen molar-refractivity contribution < 1.29 is 9.90 Å². The van der Waals surface area contributed by atoms with Crippen LogP contribution in [0.1, 0.15) is 15.9 Å². The van der Waals surface area contributed by atoms with E-state index in [-0.39, 0.29) is 11.5 Å². The van der Waals surface area contributed by atoms with Crippen LogP contribution in [0.2, 0.25) is 0 Å². The molecule has 0 spiro atoms. The van der Waals surface area contributed by atoms with Gasteiger partial charge in [0.2, 0.25) is 0 Å². The van der Waals surface area contributed by atoms with Crippen LogP contribution < -0.4 is 0 Å². The SMILES string of the molecule is O=C(/C=C(\O)c1ccc2ccccc2c1)c1ccc2ccccc2c1. The summed E-state index contributed by atoms with van der Waals surface area (Å²) in [5.74, 6) is -0.236. The number of aliphatic hydroxyl groups is 1. The Morgan fingerprint density at radius 1 is 0.640 bits per heavy atom. The average Bonchev–Trinajstić information content (AvgIpc) is 2.67. The average molecular weight is 324 g/mol. The van der Waals surface area contributed by atoms with Crippen LogP contribution in [0.25, 0.3) is 27.3 Å². The van der Waals surface area contributed by atoms with Gasteiger partial charge in [-0.15, -0.1) is 0 Å². The van der Waals surface area contributed by atoms with Crippen molar-refractivity contribution in [3.05, 3.63) is 102 Å². The Hall–Kier alpha value is -3.39. The van der Waals surface area contributed by atoms with E-state index in [1.165, 1.54) is 6.08 Å². The number of carbonyl (C=O) groups excluding carboxylic acids is 1. The van der Waals surface area contributed by atoms with Gasteiger partial charge in [0, 0.05) is 17.2 Å². The number of aliphatic hydroxyl groups excluding tert-OH is 1. The zero-order chi connectivity index (χ0) is 17.2. The number of ketones is 1. The molecule has 0 aliphatic carbocycles. The normalized spacial score (nSPS) is 11.8. The quantitative estimate of drug-likeness (QED) is 0.295. The maximum absolute atomic E-state index is 12.5. The third kappa shape index (κ3) is 3.02. The molecule has 4 aromatic rings. The number of hydrogen-bond acceptors (Lipinski definition) is 2. The van der Waals surface area contributed by atoms with Gasteiger partial charge >= 0.3 is 0 Å². The zero-order valence-electron chi connectivity index (χ0n) is 13.5. The molecule has 0 saturated heterocycles. The van der Waals surface area contributed by atoms with Gasteiger partial charge in [0.1, 0.15) is 5.76 Å². The number of benzene rings is 4. The highest BCUT2D eigenvalue weighted by Crippen LogP contribution is 2.21. The van der Waals surface area contributed by atoms with E-state index in [4.69, 9.17) is 0 Å². The molecule has 4 rings (SSSR count). The van der Waals surface area contributed by atoms with Crippen molar-refractivity contribution in [2.75, 3.05) is 0 Å². The van der Waals surface area contributed by atoms with Crippen molar-refractivity contribution >= 4 is 33.1 Å². The van der Waals surface area contributed by atoms with Crippen LogP contribution in [0.15, 0.2) is 91.0 Å². The van der Waals surface area contributed by atoms with Gasteiger partial charge in [0.05, 0.1) is 0 Å². The zero-order valence-corrected chi connectivity index (χ0v) is 13.5. The molecular formula is C23H16O2.